The zero-order chi connectivity index (χ0) is 18.7. The summed E-state index contributed by atoms with van der Waals surface area (Å²) in [5.74, 6) is 0.227. The number of rotatable bonds is 6. The van der Waals surface area contributed by atoms with Gasteiger partial charge < -0.3 is 9.73 Å². The van der Waals surface area contributed by atoms with E-state index in [1.54, 1.807) is 36.4 Å². The summed E-state index contributed by atoms with van der Waals surface area (Å²) < 4.78 is 7.69. The number of para-hydroxylation sites is 1. The summed E-state index contributed by atoms with van der Waals surface area (Å²) >= 11 is 0. The molecule has 3 aromatic rings. The molecule has 0 radical (unpaired) electrons. The van der Waals surface area contributed by atoms with Crippen LogP contribution in [0.15, 0.2) is 56.7 Å². The molecule has 1 aromatic carbocycles. The Morgan fingerprint density at radius 3 is 2.62 bits per heavy atom. The van der Waals surface area contributed by atoms with Gasteiger partial charge >= 0.3 is 5.69 Å². The summed E-state index contributed by atoms with van der Waals surface area (Å²) in [5.41, 5.74) is -0.498. The van der Waals surface area contributed by atoms with Crippen molar-refractivity contribution in [1.29, 1.82) is 0 Å². The number of nitrogens with zero attached hydrogens (tertiary/aromatic N) is 2. The molecule has 0 saturated heterocycles. The predicted molar refractivity (Wildman–Crippen MR) is 98.2 cm³/mol. The predicted octanol–water partition coefficient (Wildman–Crippen LogP) is 1.72. The van der Waals surface area contributed by atoms with Crippen LogP contribution in [0.1, 0.15) is 26.0 Å². The zero-order valence-electron chi connectivity index (χ0n) is 14.8. The topological polar surface area (TPSA) is 86.2 Å². The van der Waals surface area contributed by atoms with E-state index in [0.717, 1.165) is 11.0 Å². The quantitative estimate of drug-likeness (QED) is 0.729. The maximum Gasteiger partial charge on any atom is 0.332 e. The van der Waals surface area contributed by atoms with E-state index in [9.17, 15) is 14.4 Å². The van der Waals surface area contributed by atoms with Crippen LogP contribution in [-0.2, 0) is 17.9 Å². The van der Waals surface area contributed by atoms with Crippen molar-refractivity contribution in [3.8, 4) is 0 Å². The Morgan fingerprint density at radius 2 is 1.92 bits per heavy atom. The van der Waals surface area contributed by atoms with Crippen molar-refractivity contribution in [1.82, 2.24) is 14.5 Å². The van der Waals surface area contributed by atoms with Crippen molar-refractivity contribution in [3.63, 3.8) is 0 Å². The van der Waals surface area contributed by atoms with Gasteiger partial charge in [-0.1, -0.05) is 19.1 Å². The van der Waals surface area contributed by atoms with Crippen LogP contribution in [0.2, 0.25) is 0 Å². The van der Waals surface area contributed by atoms with Crippen LogP contribution >= 0.6 is 0 Å². The fraction of sp³-hybridized carbons (Fsp3) is 0.316. The lowest BCUT2D eigenvalue weighted by atomic mass is 10.2. The van der Waals surface area contributed by atoms with E-state index in [4.69, 9.17) is 4.42 Å². The minimum absolute atomic E-state index is 0.0125. The minimum Gasteiger partial charge on any atom is -0.467 e. The van der Waals surface area contributed by atoms with Gasteiger partial charge in [-0.3, -0.25) is 18.7 Å². The second-order valence-electron chi connectivity index (χ2n) is 6.23. The molecule has 1 amide bonds. The average molecular weight is 355 g/mol. The van der Waals surface area contributed by atoms with Gasteiger partial charge in [0.25, 0.3) is 5.56 Å². The molecule has 0 bridgehead atoms. The summed E-state index contributed by atoms with van der Waals surface area (Å²) in [7, 11) is 0. The first-order valence-electron chi connectivity index (χ1n) is 8.55. The number of nitrogens with one attached hydrogen (secondary N) is 1. The van der Waals surface area contributed by atoms with Crippen molar-refractivity contribution in [2.24, 2.45) is 0 Å². The number of hydrogen-bond acceptors (Lipinski definition) is 4. The number of fused-ring (bicyclic) bond motifs is 1. The van der Waals surface area contributed by atoms with Crippen molar-refractivity contribution in [3.05, 3.63) is 69.3 Å². The second kappa shape index (κ2) is 7.43. The number of hydrogen-bond donors (Lipinski definition) is 1. The van der Waals surface area contributed by atoms with Gasteiger partial charge in [0.2, 0.25) is 5.91 Å². The average Bonchev–Trinajstić information content (AvgIpc) is 3.15. The van der Waals surface area contributed by atoms with Crippen molar-refractivity contribution < 1.29 is 9.21 Å². The Labute approximate surface area is 149 Å². The lowest BCUT2D eigenvalue weighted by molar-refractivity contribution is -0.122. The molecule has 0 spiro atoms. The summed E-state index contributed by atoms with van der Waals surface area (Å²) in [6.45, 7) is 3.73. The SMILES string of the molecule is CCC(C)NC(=O)Cn1c(=O)n(Cc2ccco2)c(=O)c2ccccc21. The van der Waals surface area contributed by atoms with Crippen molar-refractivity contribution in [2.45, 2.75) is 39.4 Å². The molecule has 0 aliphatic rings. The monoisotopic (exact) mass is 355 g/mol. The van der Waals surface area contributed by atoms with Gasteiger partial charge in [-0.2, -0.15) is 0 Å². The van der Waals surface area contributed by atoms with Gasteiger partial charge in [0.05, 0.1) is 23.7 Å². The van der Waals surface area contributed by atoms with E-state index >= 15 is 0 Å². The molecular weight excluding hydrogens is 334 g/mol. The molecular formula is C19H21N3O4. The van der Waals surface area contributed by atoms with Gasteiger partial charge in [0.15, 0.2) is 0 Å². The van der Waals surface area contributed by atoms with Gasteiger partial charge in [0.1, 0.15) is 12.3 Å². The van der Waals surface area contributed by atoms with Crippen molar-refractivity contribution >= 4 is 16.8 Å². The molecule has 0 aliphatic heterocycles. The number of amides is 1. The Kier molecular flexibility index (Phi) is 5.06. The molecule has 1 unspecified atom stereocenters. The summed E-state index contributed by atoms with van der Waals surface area (Å²) in [6.07, 6.45) is 2.28. The molecule has 2 aromatic heterocycles. The molecule has 7 heteroatoms. The number of aromatic nitrogens is 2. The molecule has 0 saturated carbocycles. The van der Waals surface area contributed by atoms with Crippen LogP contribution in [0.25, 0.3) is 10.9 Å². The van der Waals surface area contributed by atoms with Gasteiger partial charge in [-0.15, -0.1) is 0 Å². The largest absolute Gasteiger partial charge is 0.467 e. The number of furan rings is 1. The minimum atomic E-state index is -0.538. The smallest absolute Gasteiger partial charge is 0.332 e. The lowest BCUT2D eigenvalue weighted by Gasteiger charge is -2.15. The first-order valence-corrected chi connectivity index (χ1v) is 8.55. The first kappa shape index (κ1) is 17.7. The third-order valence-corrected chi connectivity index (χ3v) is 4.35. The van der Waals surface area contributed by atoms with E-state index in [1.807, 2.05) is 13.8 Å². The number of benzene rings is 1. The van der Waals surface area contributed by atoms with Crippen LogP contribution in [0.3, 0.4) is 0 Å². The zero-order valence-corrected chi connectivity index (χ0v) is 14.8. The van der Waals surface area contributed by atoms with Crippen LogP contribution in [-0.4, -0.2) is 21.1 Å². The highest BCUT2D eigenvalue weighted by molar-refractivity contribution is 5.81. The molecule has 1 N–H and O–H groups in total. The lowest BCUT2D eigenvalue weighted by Crippen LogP contribution is -2.43. The fourth-order valence-corrected chi connectivity index (χ4v) is 2.79. The fourth-order valence-electron chi connectivity index (χ4n) is 2.79. The Bertz CT molecular complexity index is 1030. The highest BCUT2D eigenvalue weighted by atomic mass is 16.3. The highest BCUT2D eigenvalue weighted by Crippen LogP contribution is 2.09. The van der Waals surface area contributed by atoms with Crippen LogP contribution in [0.5, 0.6) is 0 Å². The molecule has 2 heterocycles. The number of carbonyl (C=O) groups excluding carboxylic acids is 1. The first-order chi connectivity index (χ1) is 12.5. The Hall–Kier alpha value is -3.09. The number of carbonyl (C=O) groups is 1. The van der Waals surface area contributed by atoms with E-state index < -0.39 is 11.2 Å². The third-order valence-electron chi connectivity index (χ3n) is 4.35. The van der Waals surface area contributed by atoms with Gasteiger partial charge in [-0.25, -0.2) is 4.79 Å². The van der Waals surface area contributed by atoms with Crippen molar-refractivity contribution in [2.75, 3.05) is 0 Å². The van der Waals surface area contributed by atoms with Gasteiger partial charge in [0, 0.05) is 6.04 Å². The van der Waals surface area contributed by atoms with Crippen LogP contribution < -0.4 is 16.6 Å². The molecule has 136 valence electrons. The van der Waals surface area contributed by atoms with E-state index in [-0.39, 0.29) is 25.0 Å². The van der Waals surface area contributed by atoms with E-state index in [1.165, 1.54) is 10.8 Å². The van der Waals surface area contributed by atoms with Crippen LogP contribution in [0, 0.1) is 0 Å². The van der Waals surface area contributed by atoms with E-state index in [2.05, 4.69) is 5.32 Å². The highest BCUT2D eigenvalue weighted by Gasteiger charge is 2.16. The maximum atomic E-state index is 12.9. The normalized spacial score (nSPS) is 12.2. The molecule has 26 heavy (non-hydrogen) atoms. The Balaban J connectivity index is 2.10. The molecule has 7 nitrogen and oxygen atoms in total. The van der Waals surface area contributed by atoms with E-state index in [0.29, 0.717) is 16.7 Å². The second-order valence-corrected chi connectivity index (χ2v) is 6.23. The maximum absolute atomic E-state index is 12.9. The molecule has 3 rings (SSSR count). The molecule has 0 fully saturated rings. The molecule has 1 atom stereocenters. The Morgan fingerprint density at radius 1 is 1.15 bits per heavy atom. The van der Waals surface area contributed by atoms with Gasteiger partial charge in [-0.05, 0) is 37.6 Å². The summed E-state index contributed by atoms with van der Waals surface area (Å²) in [4.78, 5) is 38.0. The third kappa shape index (κ3) is 3.46. The van der Waals surface area contributed by atoms with Crippen LogP contribution in [0.4, 0.5) is 0 Å². The molecule has 0 aliphatic carbocycles. The summed E-state index contributed by atoms with van der Waals surface area (Å²) in [5, 5.41) is 3.23. The standard InChI is InChI=1S/C19H21N3O4/c1-3-13(2)20-17(23)12-21-16-9-5-4-8-15(16)18(24)22(19(21)25)11-14-7-6-10-26-14/h4-10,13H,3,11-12H2,1-2H3,(H,20,23). The summed E-state index contributed by atoms with van der Waals surface area (Å²) in [6, 6.07) is 10.2.